The van der Waals surface area contributed by atoms with Crippen LogP contribution in [0.2, 0.25) is 0 Å². The van der Waals surface area contributed by atoms with Gasteiger partial charge in [0.1, 0.15) is 6.61 Å². The number of ether oxygens (including phenoxy) is 3. The summed E-state index contributed by atoms with van der Waals surface area (Å²) in [6.07, 6.45) is 5.26. The third kappa shape index (κ3) is 4.76. The highest BCUT2D eigenvalue weighted by Crippen LogP contribution is 2.33. The first kappa shape index (κ1) is 25.5. The van der Waals surface area contributed by atoms with Gasteiger partial charge in [0.15, 0.2) is 16.3 Å². The normalized spacial score (nSPS) is 15.2. The monoisotopic (exact) mass is 522 g/mol. The third-order valence-electron chi connectivity index (χ3n) is 5.73. The topological polar surface area (TPSA) is 79.1 Å². The van der Waals surface area contributed by atoms with Crippen LogP contribution in [0.1, 0.15) is 24.1 Å². The van der Waals surface area contributed by atoms with Gasteiger partial charge in [-0.3, -0.25) is 9.36 Å². The average Bonchev–Trinajstić information content (AvgIpc) is 3.20. The van der Waals surface area contributed by atoms with Gasteiger partial charge in [-0.25, -0.2) is 9.79 Å². The van der Waals surface area contributed by atoms with E-state index in [1.165, 1.54) is 17.4 Å². The van der Waals surface area contributed by atoms with E-state index in [4.69, 9.17) is 14.2 Å². The lowest BCUT2D eigenvalue weighted by molar-refractivity contribution is -0.138. The lowest BCUT2D eigenvalue weighted by Gasteiger charge is -2.24. The fraction of sp³-hybridized carbons (Fsp3) is 0.222. The van der Waals surface area contributed by atoms with Crippen LogP contribution in [0.15, 0.2) is 81.1 Å². The minimum absolute atomic E-state index is 0.0633. The fourth-order valence-corrected chi connectivity index (χ4v) is 5.51. The first-order chi connectivity index (χ1) is 17.4. The molecule has 3 aromatic rings. The second-order valence-corrected chi connectivity index (χ2v) is 9.71. The van der Waals surface area contributed by atoms with Crippen LogP contribution < -0.4 is 24.4 Å². The van der Waals surface area contributed by atoms with E-state index in [1.54, 1.807) is 49.6 Å². The highest BCUT2D eigenvalue weighted by atomic mass is 32.2. The van der Waals surface area contributed by atoms with Crippen molar-refractivity contribution in [2.24, 2.45) is 4.99 Å². The van der Waals surface area contributed by atoms with Crippen LogP contribution in [0.3, 0.4) is 0 Å². The van der Waals surface area contributed by atoms with Gasteiger partial charge in [-0.15, -0.1) is 11.8 Å². The summed E-state index contributed by atoms with van der Waals surface area (Å²) in [5.74, 6) is 0.563. The number of nitrogens with zero attached hydrogens (tertiary/aromatic N) is 2. The van der Waals surface area contributed by atoms with E-state index in [9.17, 15) is 9.59 Å². The molecule has 9 heteroatoms. The fourth-order valence-electron chi connectivity index (χ4n) is 4.06. The van der Waals surface area contributed by atoms with Crippen LogP contribution >= 0.6 is 23.1 Å². The summed E-state index contributed by atoms with van der Waals surface area (Å²) in [4.78, 5) is 33.1. The van der Waals surface area contributed by atoms with Crippen molar-refractivity contribution in [2.45, 2.75) is 17.9 Å². The number of thioether (sulfide) groups is 1. The molecule has 1 aliphatic heterocycles. The molecule has 0 N–H and O–H groups in total. The average molecular weight is 523 g/mol. The highest BCUT2D eigenvalue weighted by molar-refractivity contribution is 7.98. The Kier molecular flexibility index (Phi) is 7.81. The maximum absolute atomic E-state index is 13.8. The number of hydrogen-bond acceptors (Lipinski definition) is 8. The molecule has 1 unspecified atom stereocenters. The number of esters is 1. The van der Waals surface area contributed by atoms with Crippen LogP contribution in [-0.2, 0) is 9.53 Å². The predicted octanol–water partition coefficient (Wildman–Crippen LogP) is 3.70. The molecule has 2 heterocycles. The van der Waals surface area contributed by atoms with Crippen molar-refractivity contribution in [3.8, 4) is 11.5 Å². The summed E-state index contributed by atoms with van der Waals surface area (Å²) in [5, 5.41) is 0. The van der Waals surface area contributed by atoms with Gasteiger partial charge >= 0.3 is 5.97 Å². The predicted molar refractivity (Wildman–Crippen MR) is 143 cm³/mol. The van der Waals surface area contributed by atoms with Gasteiger partial charge in [0.05, 0.1) is 36.1 Å². The Balaban J connectivity index is 1.94. The van der Waals surface area contributed by atoms with Gasteiger partial charge in [-0.2, -0.15) is 0 Å². The number of thiazole rings is 1. The minimum Gasteiger partial charge on any atom is -0.493 e. The number of hydrogen-bond donors (Lipinski definition) is 0. The first-order valence-corrected chi connectivity index (χ1v) is 13.1. The molecule has 36 heavy (non-hydrogen) atoms. The SMILES string of the molecule is C=CCOC(=O)C1=C(C)N=c2sc(=Cc3cccc(OC)c3OC)c(=O)n2C1c1ccc(SC)cc1. The first-order valence-electron chi connectivity index (χ1n) is 11.1. The number of benzene rings is 2. The van der Waals surface area contributed by atoms with Crippen molar-refractivity contribution >= 4 is 35.1 Å². The summed E-state index contributed by atoms with van der Waals surface area (Å²) < 4.78 is 18.3. The number of allylic oxidation sites excluding steroid dienone is 1. The Morgan fingerprint density at radius 1 is 1.19 bits per heavy atom. The molecule has 7 nitrogen and oxygen atoms in total. The molecular formula is C27H26N2O5S2. The van der Waals surface area contributed by atoms with Gasteiger partial charge in [0, 0.05) is 10.5 Å². The van der Waals surface area contributed by atoms with Crippen molar-refractivity contribution in [2.75, 3.05) is 27.1 Å². The molecule has 0 saturated carbocycles. The molecule has 0 aliphatic carbocycles. The Bertz CT molecular complexity index is 1520. The Hall–Kier alpha value is -3.56. The second-order valence-electron chi connectivity index (χ2n) is 7.82. The number of carbonyl (C=O) groups excluding carboxylic acids is 1. The van der Waals surface area contributed by atoms with Crippen LogP contribution in [0, 0.1) is 0 Å². The standard InChI is InChI=1S/C27H26N2O5S2/c1-6-14-34-26(31)22-16(2)28-27-29(23(22)17-10-12-19(35-5)13-11-17)25(30)21(36-27)15-18-8-7-9-20(32-3)24(18)33-4/h6-13,15,23H,1,14H2,2-5H3. The van der Waals surface area contributed by atoms with Gasteiger partial charge in [0.25, 0.3) is 5.56 Å². The van der Waals surface area contributed by atoms with Crippen molar-refractivity contribution in [3.63, 3.8) is 0 Å². The number of methoxy groups -OCH3 is 2. The van der Waals surface area contributed by atoms with Crippen molar-refractivity contribution < 1.29 is 19.0 Å². The zero-order valence-electron chi connectivity index (χ0n) is 20.4. The van der Waals surface area contributed by atoms with Gasteiger partial charge in [-0.05, 0) is 43.0 Å². The number of para-hydroxylation sites is 1. The van der Waals surface area contributed by atoms with Crippen molar-refractivity contribution in [1.29, 1.82) is 0 Å². The Labute approximate surface area is 217 Å². The summed E-state index contributed by atoms with van der Waals surface area (Å²) >= 11 is 2.87. The van der Waals surface area contributed by atoms with E-state index in [1.807, 2.05) is 42.7 Å². The minimum atomic E-state index is -0.677. The van der Waals surface area contributed by atoms with Crippen LogP contribution in [0.25, 0.3) is 6.08 Å². The lowest BCUT2D eigenvalue weighted by atomic mass is 9.96. The van der Waals surface area contributed by atoms with E-state index in [-0.39, 0.29) is 12.2 Å². The third-order valence-corrected chi connectivity index (χ3v) is 7.45. The molecular weight excluding hydrogens is 496 g/mol. The number of aromatic nitrogens is 1. The Morgan fingerprint density at radius 2 is 1.94 bits per heavy atom. The molecule has 0 bridgehead atoms. The summed E-state index contributed by atoms with van der Waals surface area (Å²) in [5.41, 5.74) is 2.06. The van der Waals surface area contributed by atoms with Crippen LogP contribution in [-0.4, -0.2) is 37.6 Å². The largest absolute Gasteiger partial charge is 0.493 e. The summed E-state index contributed by atoms with van der Waals surface area (Å²) in [7, 11) is 3.12. The molecule has 1 atom stereocenters. The molecule has 0 fully saturated rings. The summed E-state index contributed by atoms with van der Waals surface area (Å²) in [6, 6.07) is 12.6. The van der Waals surface area contributed by atoms with Gasteiger partial charge in [0.2, 0.25) is 0 Å². The molecule has 1 aromatic heterocycles. The number of fused-ring (bicyclic) bond motifs is 1. The smallest absolute Gasteiger partial charge is 0.338 e. The van der Waals surface area contributed by atoms with Crippen LogP contribution in [0.4, 0.5) is 0 Å². The van der Waals surface area contributed by atoms with E-state index >= 15 is 0 Å². The highest BCUT2D eigenvalue weighted by Gasteiger charge is 2.33. The Morgan fingerprint density at radius 3 is 2.58 bits per heavy atom. The molecule has 0 saturated heterocycles. The molecule has 1 aliphatic rings. The molecule has 0 spiro atoms. The van der Waals surface area contributed by atoms with Gasteiger partial charge < -0.3 is 14.2 Å². The maximum atomic E-state index is 13.8. The maximum Gasteiger partial charge on any atom is 0.338 e. The molecule has 0 radical (unpaired) electrons. The van der Waals surface area contributed by atoms with Crippen molar-refractivity contribution in [1.82, 2.24) is 4.57 Å². The molecule has 4 rings (SSSR count). The van der Waals surface area contributed by atoms with E-state index in [0.29, 0.717) is 37.7 Å². The summed E-state index contributed by atoms with van der Waals surface area (Å²) in [6.45, 7) is 5.44. The van der Waals surface area contributed by atoms with Crippen molar-refractivity contribution in [3.05, 3.63) is 97.2 Å². The lowest BCUT2D eigenvalue weighted by Crippen LogP contribution is -2.39. The molecule has 0 amide bonds. The zero-order valence-corrected chi connectivity index (χ0v) is 22.1. The molecule has 186 valence electrons. The zero-order chi connectivity index (χ0) is 25.8. The van der Waals surface area contributed by atoms with E-state index < -0.39 is 12.0 Å². The van der Waals surface area contributed by atoms with Gasteiger partial charge in [-0.1, -0.05) is 48.3 Å². The van der Waals surface area contributed by atoms with Crippen LogP contribution in [0.5, 0.6) is 11.5 Å². The van der Waals surface area contributed by atoms with E-state index in [2.05, 4.69) is 11.6 Å². The number of carbonyl (C=O) groups is 1. The number of rotatable bonds is 8. The molecule has 2 aromatic carbocycles. The van der Waals surface area contributed by atoms with E-state index in [0.717, 1.165) is 10.5 Å². The quantitative estimate of drug-likeness (QED) is 0.255. The second kappa shape index (κ2) is 11.0.